The Balaban J connectivity index is 1.57. The van der Waals surface area contributed by atoms with Gasteiger partial charge in [0.1, 0.15) is 0 Å². The van der Waals surface area contributed by atoms with Gasteiger partial charge in [-0.2, -0.15) is 5.10 Å². The summed E-state index contributed by atoms with van der Waals surface area (Å²) >= 11 is 1.89. The summed E-state index contributed by atoms with van der Waals surface area (Å²) in [6.07, 6.45) is 1.72. The second-order valence-electron chi connectivity index (χ2n) is 5.99. The summed E-state index contributed by atoms with van der Waals surface area (Å²) in [5.41, 5.74) is 2.14. The fraction of sp³-hybridized carbons (Fsp3) is 0.562. The molecule has 2 N–H and O–H groups in total. The molecular formula is C16H23N3OS. The number of β-amino-alcohol motifs (C(OH)–C–C–N with tert-alkyl or cyclic N) is 1. The number of thiophene rings is 1. The van der Waals surface area contributed by atoms with Crippen LogP contribution in [0, 0.1) is 12.8 Å². The zero-order valence-electron chi connectivity index (χ0n) is 12.7. The number of hydrogen-bond donors (Lipinski definition) is 2. The summed E-state index contributed by atoms with van der Waals surface area (Å²) < 4.78 is 0. The highest BCUT2D eigenvalue weighted by molar-refractivity contribution is 7.11. The number of nitrogens with one attached hydrogen (secondary N) is 1. The van der Waals surface area contributed by atoms with Crippen molar-refractivity contribution in [3.8, 4) is 0 Å². The van der Waals surface area contributed by atoms with Gasteiger partial charge in [0.2, 0.25) is 0 Å². The maximum absolute atomic E-state index is 10.3. The van der Waals surface area contributed by atoms with Crippen molar-refractivity contribution in [2.45, 2.75) is 39.3 Å². The molecule has 3 rings (SSSR count). The fourth-order valence-corrected chi connectivity index (χ4v) is 4.04. The summed E-state index contributed by atoms with van der Waals surface area (Å²) in [4.78, 5) is 5.20. The molecule has 1 aliphatic heterocycles. The van der Waals surface area contributed by atoms with Crippen LogP contribution in [0.2, 0.25) is 0 Å². The molecule has 114 valence electrons. The van der Waals surface area contributed by atoms with Crippen LogP contribution < -0.4 is 0 Å². The summed E-state index contributed by atoms with van der Waals surface area (Å²) in [7, 11) is 0. The van der Waals surface area contributed by atoms with E-state index in [0.717, 1.165) is 43.9 Å². The van der Waals surface area contributed by atoms with E-state index >= 15 is 0 Å². The maximum atomic E-state index is 10.3. The number of aliphatic hydroxyl groups excluding tert-OH is 1. The standard InChI is InChI=1S/C16H23N3OS/c1-3-14-4-5-15(21-14)9-19-8-12(16(20)10-19)7-13-6-11(2)17-18-13/h4-6,12,16,20H,3,7-10H2,1-2H3,(H,17,18). The number of rotatable bonds is 5. The van der Waals surface area contributed by atoms with E-state index in [9.17, 15) is 5.11 Å². The molecule has 3 heterocycles. The van der Waals surface area contributed by atoms with Crippen molar-refractivity contribution in [2.24, 2.45) is 5.92 Å². The highest BCUT2D eigenvalue weighted by Gasteiger charge is 2.31. The Kier molecular flexibility index (Phi) is 4.42. The topological polar surface area (TPSA) is 52.1 Å². The first kappa shape index (κ1) is 14.8. The minimum atomic E-state index is -0.243. The Bertz CT molecular complexity index is 592. The lowest BCUT2D eigenvalue weighted by Crippen LogP contribution is -2.20. The van der Waals surface area contributed by atoms with Crippen LogP contribution in [-0.2, 0) is 19.4 Å². The number of likely N-dealkylation sites (tertiary alicyclic amines) is 1. The molecule has 1 saturated heterocycles. The highest BCUT2D eigenvalue weighted by Crippen LogP contribution is 2.25. The molecule has 5 heteroatoms. The number of aliphatic hydroxyl groups is 1. The second-order valence-corrected chi connectivity index (χ2v) is 7.24. The Morgan fingerprint density at radius 3 is 2.86 bits per heavy atom. The van der Waals surface area contributed by atoms with Crippen LogP contribution in [0.1, 0.15) is 28.1 Å². The first-order valence-electron chi connectivity index (χ1n) is 7.63. The number of H-pyrrole nitrogens is 1. The number of aryl methyl sites for hydroxylation is 2. The summed E-state index contributed by atoms with van der Waals surface area (Å²) in [6, 6.07) is 6.51. The van der Waals surface area contributed by atoms with Crippen LogP contribution in [0.25, 0.3) is 0 Å². The number of nitrogens with zero attached hydrogens (tertiary/aromatic N) is 2. The quantitative estimate of drug-likeness (QED) is 0.892. The van der Waals surface area contributed by atoms with E-state index in [1.807, 2.05) is 18.3 Å². The van der Waals surface area contributed by atoms with Gasteiger partial charge in [-0.05, 0) is 38.0 Å². The van der Waals surface area contributed by atoms with Crippen molar-refractivity contribution in [3.63, 3.8) is 0 Å². The Morgan fingerprint density at radius 1 is 1.38 bits per heavy atom. The molecule has 0 amide bonds. The van der Waals surface area contributed by atoms with Crippen molar-refractivity contribution in [1.29, 1.82) is 0 Å². The molecule has 0 aliphatic carbocycles. The lowest BCUT2D eigenvalue weighted by Gasteiger charge is -2.14. The first-order valence-corrected chi connectivity index (χ1v) is 8.44. The van der Waals surface area contributed by atoms with Crippen LogP contribution in [0.15, 0.2) is 18.2 Å². The van der Waals surface area contributed by atoms with Gasteiger partial charge in [-0.3, -0.25) is 10.00 Å². The first-order chi connectivity index (χ1) is 10.1. The van der Waals surface area contributed by atoms with Gasteiger partial charge >= 0.3 is 0 Å². The third kappa shape index (κ3) is 3.54. The van der Waals surface area contributed by atoms with Crippen LogP contribution in [0.3, 0.4) is 0 Å². The molecule has 0 saturated carbocycles. The molecule has 1 aliphatic rings. The SMILES string of the molecule is CCc1ccc(CN2CC(O)C(Cc3cc(C)[nH]n3)C2)s1. The van der Waals surface area contributed by atoms with Gasteiger partial charge in [-0.15, -0.1) is 11.3 Å². The molecule has 2 atom stereocenters. The number of aromatic amines is 1. The van der Waals surface area contributed by atoms with Crippen molar-refractivity contribution in [2.75, 3.05) is 13.1 Å². The Morgan fingerprint density at radius 2 is 2.19 bits per heavy atom. The molecular weight excluding hydrogens is 282 g/mol. The van der Waals surface area contributed by atoms with Crippen molar-refractivity contribution >= 4 is 11.3 Å². The van der Waals surface area contributed by atoms with E-state index in [-0.39, 0.29) is 6.10 Å². The monoisotopic (exact) mass is 305 g/mol. The maximum Gasteiger partial charge on any atom is 0.0711 e. The predicted octanol–water partition coefficient (Wildman–Crippen LogP) is 2.38. The molecule has 0 aromatic carbocycles. The Hall–Kier alpha value is -1.17. The fourth-order valence-electron chi connectivity index (χ4n) is 3.04. The van der Waals surface area contributed by atoms with E-state index < -0.39 is 0 Å². The van der Waals surface area contributed by atoms with Gasteiger partial charge in [0.15, 0.2) is 0 Å². The van der Waals surface area contributed by atoms with Gasteiger partial charge in [0.25, 0.3) is 0 Å². The van der Waals surface area contributed by atoms with Crippen LogP contribution >= 0.6 is 11.3 Å². The predicted molar refractivity (Wildman–Crippen MR) is 85.5 cm³/mol. The minimum absolute atomic E-state index is 0.243. The third-order valence-electron chi connectivity index (χ3n) is 4.16. The minimum Gasteiger partial charge on any atom is -0.391 e. The van der Waals surface area contributed by atoms with Gasteiger partial charge in [0, 0.05) is 41.0 Å². The normalized spacial score (nSPS) is 23.0. The molecule has 2 unspecified atom stereocenters. The molecule has 1 fully saturated rings. The average Bonchev–Trinajstić information content (AvgIpc) is 3.14. The zero-order chi connectivity index (χ0) is 14.8. The molecule has 0 bridgehead atoms. The molecule has 2 aromatic rings. The summed E-state index contributed by atoms with van der Waals surface area (Å²) in [6.45, 7) is 6.88. The van der Waals surface area contributed by atoms with E-state index in [1.54, 1.807) is 0 Å². The average molecular weight is 305 g/mol. The third-order valence-corrected chi connectivity index (χ3v) is 5.37. The smallest absolute Gasteiger partial charge is 0.0711 e. The highest BCUT2D eigenvalue weighted by atomic mass is 32.1. The largest absolute Gasteiger partial charge is 0.391 e. The van der Waals surface area contributed by atoms with Crippen molar-refractivity contribution in [1.82, 2.24) is 15.1 Å². The van der Waals surface area contributed by atoms with E-state index in [2.05, 4.69) is 40.2 Å². The lowest BCUT2D eigenvalue weighted by molar-refractivity contribution is 0.140. The summed E-state index contributed by atoms with van der Waals surface area (Å²) in [5.74, 6) is 0.290. The second kappa shape index (κ2) is 6.30. The Labute approximate surface area is 129 Å². The van der Waals surface area contributed by atoms with Gasteiger partial charge < -0.3 is 5.11 Å². The van der Waals surface area contributed by atoms with E-state index in [4.69, 9.17) is 0 Å². The van der Waals surface area contributed by atoms with Crippen LogP contribution in [0.4, 0.5) is 0 Å². The van der Waals surface area contributed by atoms with Gasteiger partial charge in [-0.25, -0.2) is 0 Å². The lowest BCUT2D eigenvalue weighted by atomic mass is 10.0. The van der Waals surface area contributed by atoms with Crippen LogP contribution in [-0.4, -0.2) is 39.4 Å². The molecule has 21 heavy (non-hydrogen) atoms. The van der Waals surface area contributed by atoms with Crippen molar-refractivity contribution < 1.29 is 5.11 Å². The summed E-state index contributed by atoms with van der Waals surface area (Å²) in [5, 5.41) is 17.5. The van der Waals surface area contributed by atoms with Crippen LogP contribution in [0.5, 0.6) is 0 Å². The van der Waals surface area contributed by atoms with E-state index in [1.165, 1.54) is 9.75 Å². The van der Waals surface area contributed by atoms with Gasteiger partial charge in [0.05, 0.1) is 11.8 Å². The molecule has 2 aromatic heterocycles. The molecule has 0 spiro atoms. The zero-order valence-corrected chi connectivity index (χ0v) is 13.5. The van der Waals surface area contributed by atoms with E-state index in [0.29, 0.717) is 5.92 Å². The van der Waals surface area contributed by atoms with Crippen molar-refractivity contribution in [3.05, 3.63) is 39.3 Å². The van der Waals surface area contributed by atoms with Gasteiger partial charge in [-0.1, -0.05) is 6.92 Å². The molecule has 4 nitrogen and oxygen atoms in total. The number of hydrogen-bond acceptors (Lipinski definition) is 4. The number of aromatic nitrogens is 2. The molecule has 0 radical (unpaired) electrons.